The Morgan fingerprint density at radius 1 is 0.280 bits per heavy atom. The lowest BCUT2D eigenvalue weighted by atomic mass is 10.0. The first-order chi connectivity index (χ1) is 37.0. The van der Waals surface area contributed by atoms with E-state index in [1.807, 2.05) is 0 Å². The van der Waals surface area contributed by atoms with Crippen LogP contribution in [0.2, 0.25) is 0 Å². The topological polar surface area (TPSA) is 78.9 Å². The molecule has 0 aromatic rings. The number of esters is 3. The summed E-state index contributed by atoms with van der Waals surface area (Å²) in [7, 11) is 0. The third-order valence-electron chi connectivity index (χ3n) is 13.3. The van der Waals surface area contributed by atoms with E-state index in [1.165, 1.54) is 141 Å². The van der Waals surface area contributed by atoms with Crippen LogP contribution in [0.25, 0.3) is 0 Å². The Bertz CT molecular complexity index is 1520. The fourth-order valence-electron chi connectivity index (χ4n) is 8.65. The van der Waals surface area contributed by atoms with E-state index >= 15 is 0 Å². The predicted molar refractivity (Wildman–Crippen MR) is 325 cm³/mol. The first-order valence-corrected chi connectivity index (χ1v) is 31.4. The molecule has 0 saturated heterocycles. The van der Waals surface area contributed by atoms with E-state index in [-0.39, 0.29) is 37.5 Å². The number of carbonyl (C=O) groups is 3. The SMILES string of the molecule is CC/C=C\C/C=C\C/C=C\C/C=C\C/C=C\CCCC(=O)OC(COC(=O)CCCCCCCCCCCCCC/C=C\C/C=C\C/C=C\C/C=C\CC)COC(=O)CCCCCCCCCCCCCCCCC. The van der Waals surface area contributed by atoms with Crippen molar-refractivity contribution in [2.45, 2.75) is 297 Å². The van der Waals surface area contributed by atoms with Crippen LogP contribution < -0.4 is 0 Å². The van der Waals surface area contributed by atoms with Crippen molar-refractivity contribution in [3.05, 3.63) is 109 Å². The van der Waals surface area contributed by atoms with Gasteiger partial charge < -0.3 is 14.2 Å². The summed E-state index contributed by atoms with van der Waals surface area (Å²) in [6, 6.07) is 0. The quantitative estimate of drug-likeness (QED) is 0.0261. The number of carbonyl (C=O) groups excluding carboxylic acids is 3. The molecular formula is C69H116O6. The Kier molecular flexibility index (Phi) is 59.3. The molecule has 6 heteroatoms. The second-order valence-electron chi connectivity index (χ2n) is 20.6. The van der Waals surface area contributed by atoms with Gasteiger partial charge in [0.1, 0.15) is 13.2 Å². The summed E-state index contributed by atoms with van der Waals surface area (Å²) in [6.07, 6.45) is 85.3. The van der Waals surface area contributed by atoms with Gasteiger partial charge in [0.2, 0.25) is 0 Å². The van der Waals surface area contributed by atoms with E-state index in [9.17, 15) is 14.4 Å². The zero-order valence-corrected chi connectivity index (χ0v) is 49.0. The Morgan fingerprint density at radius 3 is 0.853 bits per heavy atom. The lowest BCUT2D eigenvalue weighted by Gasteiger charge is -2.18. The Balaban J connectivity index is 4.39. The minimum atomic E-state index is -0.809. The van der Waals surface area contributed by atoms with Crippen molar-refractivity contribution in [2.75, 3.05) is 13.2 Å². The number of hydrogen-bond donors (Lipinski definition) is 0. The van der Waals surface area contributed by atoms with Crippen molar-refractivity contribution in [1.29, 1.82) is 0 Å². The van der Waals surface area contributed by atoms with E-state index in [0.717, 1.165) is 103 Å². The van der Waals surface area contributed by atoms with Crippen molar-refractivity contribution in [3.8, 4) is 0 Å². The molecule has 428 valence electrons. The highest BCUT2D eigenvalue weighted by molar-refractivity contribution is 5.71. The molecule has 0 aliphatic heterocycles. The molecule has 0 aliphatic rings. The van der Waals surface area contributed by atoms with Crippen LogP contribution in [0.3, 0.4) is 0 Å². The second kappa shape index (κ2) is 62.6. The Hall–Kier alpha value is -3.93. The number of hydrogen-bond acceptors (Lipinski definition) is 6. The highest BCUT2D eigenvalue weighted by Crippen LogP contribution is 2.16. The van der Waals surface area contributed by atoms with Gasteiger partial charge >= 0.3 is 17.9 Å². The highest BCUT2D eigenvalue weighted by atomic mass is 16.6. The molecule has 0 aromatic heterocycles. The third kappa shape index (κ3) is 60.8. The van der Waals surface area contributed by atoms with Crippen LogP contribution in [0.5, 0.6) is 0 Å². The molecule has 0 radical (unpaired) electrons. The fraction of sp³-hybridized carbons (Fsp3) is 0.696. The minimum absolute atomic E-state index is 0.0992. The van der Waals surface area contributed by atoms with Gasteiger partial charge in [0, 0.05) is 19.3 Å². The first kappa shape index (κ1) is 71.1. The summed E-state index contributed by atoms with van der Waals surface area (Å²) in [5, 5.41) is 0. The molecule has 6 nitrogen and oxygen atoms in total. The van der Waals surface area contributed by atoms with Crippen LogP contribution >= 0.6 is 0 Å². The zero-order valence-electron chi connectivity index (χ0n) is 49.0. The summed E-state index contributed by atoms with van der Waals surface area (Å²) in [5.74, 6) is -0.952. The number of rotatable bonds is 56. The highest BCUT2D eigenvalue weighted by Gasteiger charge is 2.19. The van der Waals surface area contributed by atoms with Gasteiger partial charge in [0.15, 0.2) is 6.10 Å². The van der Waals surface area contributed by atoms with E-state index in [0.29, 0.717) is 19.3 Å². The van der Waals surface area contributed by atoms with Gasteiger partial charge in [-0.15, -0.1) is 0 Å². The van der Waals surface area contributed by atoms with Gasteiger partial charge in [-0.2, -0.15) is 0 Å². The summed E-state index contributed by atoms with van der Waals surface area (Å²) in [6.45, 7) is 6.39. The molecule has 0 heterocycles. The molecule has 0 rings (SSSR count). The van der Waals surface area contributed by atoms with Crippen LogP contribution in [0.15, 0.2) is 109 Å². The molecule has 1 unspecified atom stereocenters. The minimum Gasteiger partial charge on any atom is -0.462 e. The van der Waals surface area contributed by atoms with Gasteiger partial charge in [0.25, 0.3) is 0 Å². The van der Waals surface area contributed by atoms with E-state index in [1.54, 1.807) is 0 Å². The summed E-state index contributed by atoms with van der Waals surface area (Å²) in [4.78, 5) is 38.3. The molecule has 0 aliphatic carbocycles. The van der Waals surface area contributed by atoms with Crippen molar-refractivity contribution in [3.63, 3.8) is 0 Å². The normalized spacial score (nSPS) is 12.8. The van der Waals surface area contributed by atoms with E-state index in [4.69, 9.17) is 14.2 Å². The van der Waals surface area contributed by atoms with Crippen LogP contribution in [-0.2, 0) is 28.6 Å². The lowest BCUT2D eigenvalue weighted by molar-refractivity contribution is -0.167. The molecule has 0 saturated carbocycles. The molecule has 0 N–H and O–H groups in total. The first-order valence-electron chi connectivity index (χ1n) is 31.4. The van der Waals surface area contributed by atoms with Crippen molar-refractivity contribution in [2.24, 2.45) is 0 Å². The number of ether oxygens (including phenoxy) is 3. The average molecular weight is 1040 g/mol. The standard InChI is InChI=1S/C69H116O6/c1-4-7-10-13-16-19-22-25-28-30-31-32-33-34-35-36-37-39-41-44-47-50-53-56-59-62-68(71)74-65-66(64-73-67(70)61-58-55-52-49-46-43-40-27-24-21-18-15-12-9-6-3)75-69(72)63-60-57-54-51-48-45-42-38-29-26-23-20-17-14-11-8-5-2/h7-8,10-11,16-17,19-20,25-26,28-29,31-32,42,45,51,54,66H,4-6,9,12-15,18,21-24,27,30,33-41,43-44,46-50,52-53,55-65H2,1-3H3/b10-7-,11-8-,19-16-,20-17-,28-25-,29-26-,32-31-,45-42-,54-51-. The maximum atomic E-state index is 12.9. The third-order valence-corrected chi connectivity index (χ3v) is 13.3. The average Bonchev–Trinajstić information content (AvgIpc) is 3.41. The fourth-order valence-corrected chi connectivity index (χ4v) is 8.65. The van der Waals surface area contributed by atoms with Crippen LogP contribution in [0.4, 0.5) is 0 Å². The van der Waals surface area contributed by atoms with Crippen molar-refractivity contribution in [1.82, 2.24) is 0 Å². The maximum absolute atomic E-state index is 12.9. The van der Waals surface area contributed by atoms with Gasteiger partial charge in [0.05, 0.1) is 0 Å². The molecule has 75 heavy (non-hydrogen) atoms. The number of allylic oxidation sites excluding steroid dienone is 18. The predicted octanol–water partition coefficient (Wildman–Crippen LogP) is 21.4. The largest absolute Gasteiger partial charge is 0.462 e. The van der Waals surface area contributed by atoms with Gasteiger partial charge in [-0.25, -0.2) is 0 Å². The van der Waals surface area contributed by atoms with Crippen LogP contribution in [-0.4, -0.2) is 37.2 Å². The van der Waals surface area contributed by atoms with Crippen LogP contribution in [0, 0.1) is 0 Å². The zero-order chi connectivity index (χ0) is 54.3. The van der Waals surface area contributed by atoms with Crippen molar-refractivity contribution < 1.29 is 28.6 Å². The summed E-state index contributed by atoms with van der Waals surface area (Å²) in [5.41, 5.74) is 0. The smallest absolute Gasteiger partial charge is 0.306 e. The van der Waals surface area contributed by atoms with Gasteiger partial charge in [-0.1, -0.05) is 284 Å². The number of unbranched alkanes of at least 4 members (excludes halogenated alkanes) is 27. The molecule has 0 amide bonds. The second-order valence-corrected chi connectivity index (χ2v) is 20.6. The molecule has 1 atom stereocenters. The van der Waals surface area contributed by atoms with E-state index in [2.05, 4.69) is 130 Å². The molecule has 0 spiro atoms. The maximum Gasteiger partial charge on any atom is 0.306 e. The van der Waals surface area contributed by atoms with Crippen molar-refractivity contribution >= 4 is 17.9 Å². The summed E-state index contributed by atoms with van der Waals surface area (Å²) < 4.78 is 16.9. The molecule has 0 aromatic carbocycles. The van der Waals surface area contributed by atoms with E-state index < -0.39 is 6.10 Å². The Morgan fingerprint density at radius 2 is 0.533 bits per heavy atom. The monoisotopic (exact) mass is 1040 g/mol. The van der Waals surface area contributed by atoms with Gasteiger partial charge in [-0.05, 0) is 96.3 Å². The summed E-state index contributed by atoms with van der Waals surface area (Å²) >= 11 is 0. The molecular weight excluding hydrogens is 925 g/mol. The Labute approximate surface area is 463 Å². The lowest BCUT2D eigenvalue weighted by Crippen LogP contribution is -2.30. The molecule has 0 bridgehead atoms. The molecule has 0 fully saturated rings. The van der Waals surface area contributed by atoms with Gasteiger partial charge in [-0.3, -0.25) is 14.4 Å². The van der Waals surface area contributed by atoms with Crippen LogP contribution in [0.1, 0.15) is 290 Å².